The Bertz CT molecular complexity index is 416. The summed E-state index contributed by atoms with van der Waals surface area (Å²) in [5.74, 6) is 1.59. The Hall–Kier alpha value is -0.740. The van der Waals surface area contributed by atoms with E-state index in [2.05, 4.69) is 15.9 Å². The van der Waals surface area contributed by atoms with Crippen LogP contribution in [0.1, 0.15) is 25.3 Å². The Morgan fingerprint density at radius 1 is 1.41 bits per heavy atom. The van der Waals surface area contributed by atoms with Crippen molar-refractivity contribution in [1.29, 1.82) is 0 Å². The number of halogens is 1. The molecule has 0 spiro atoms. The molecule has 0 unspecified atom stereocenters. The maximum absolute atomic E-state index is 6.19. The van der Waals surface area contributed by atoms with Crippen molar-refractivity contribution in [3.63, 3.8) is 0 Å². The van der Waals surface area contributed by atoms with Crippen LogP contribution in [0.3, 0.4) is 0 Å². The van der Waals surface area contributed by atoms with E-state index < -0.39 is 0 Å². The summed E-state index contributed by atoms with van der Waals surface area (Å²) in [7, 11) is 1.66. The van der Waals surface area contributed by atoms with Crippen LogP contribution in [-0.4, -0.2) is 19.3 Å². The number of hydrogen-bond donors (Lipinski definition) is 1. The predicted molar refractivity (Wildman–Crippen MR) is 71.7 cm³/mol. The fourth-order valence-electron chi connectivity index (χ4n) is 1.90. The van der Waals surface area contributed by atoms with Gasteiger partial charge in [-0.1, -0.05) is 15.9 Å². The van der Waals surface area contributed by atoms with E-state index in [0.717, 1.165) is 40.8 Å². The molecule has 3 nitrogen and oxygen atoms in total. The van der Waals surface area contributed by atoms with E-state index in [0.29, 0.717) is 6.61 Å². The first kappa shape index (κ1) is 12.7. The lowest BCUT2D eigenvalue weighted by Crippen LogP contribution is -2.25. The lowest BCUT2D eigenvalue weighted by Gasteiger charge is -2.18. The van der Waals surface area contributed by atoms with E-state index in [4.69, 9.17) is 15.2 Å². The van der Waals surface area contributed by atoms with Crippen molar-refractivity contribution < 1.29 is 9.47 Å². The van der Waals surface area contributed by atoms with Crippen molar-refractivity contribution in [2.24, 2.45) is 5.73 Å². The van der Waals surface area contributed by atoms with Gasteiger partial charge in [-0.25, -0.2) is 0 Å². The first-order chi connectivity index (χ1) is 8.09. The van der Waals surface area contributed by atoms with Gasteiger partial charge in [-0.2, -0.15) is 0 Å². The molecule has 1 saturated carbocycles. The molecule has 0 amide bonds. The van der Waals surface area contributed by atoms with Crippen molar-refractivity contribution >= 4 is 15.9 Å². The molecule has 17 heavy (non-hydrogen) atoms. The molecule has 0 radical (unpaired) electrons. The van der Waals surface area contributed by atoms with Crippen molar-refractivity contribution in [1.82, 2.24) is 0 Å². The Kier molecular flexibility index (Phi) is 3.64. The zero-order valence-corrected chi connectivity index (χ0v) is 11.8. The van der Waals surface area contributed by atoms with Gasteiger partial charge in [0.05, 0.1) is 13.7 Å². The molecule has 0 bridgehead atoms. The highest BCUT2D eigenvalue weighted by molar-refractivity contribution is 9.10. The lowest BCUT2D eigenvalue weighted by atomic mass is 10.0. The average molecular weight is 300 g/mol. The molecule has 1 aromatic carbocycles. The Labute approximate surface area is 110 Å². The first-order valence-corrected chi connectivity index (χ1v) is 6.66. The maximum Gasteiger partial charge on any atom is 0.165 e. The van der Waals surface area contributed by atoms with E-state index in [9.17, 15) is 0 Å². The summed E-state index contributed by atoms with van der Waals surface area (Å²) in [5, 5.41) is 0. The Morgan fingerprint density at radius 2 is 2.12 bits per heavy atom. The van der Waals surface area contributed by atoms with Crippen molar-refractivity contribution in [2.45, 2.75) is 31.7 Å². The van der Waals surface area contributed by atoms with E-state index in [1.807, 2.05) is 19.1 Å². The van der Waals surface area contributed by atoms with Crippen LogP contribution in [0.5, 0.6) is 11.5 Å². The molecule has 0 saturated heterocycles. The third-order valence-electron chi connectivity index (χ3n) is 3.10. The fraction of sp³-hybridized carbons (Fsp3) is 0.538. The second kappa shape index (κ2) is 4.86. The van der Waals surface area contributed by atoms with Gasteiger partial charge in [0.2, 0.25) is 0 Å². The highest BCUT2D eigenvalue weighted by Gasteiger charge is 2.39. The van der Waals surface area contributed by atoms with Crippen LogP contribution in [0.25, 0.3) is 0 Å². The topological polar surface area (TPSA) is 44.5 Å². The summed E-state index contributed by atoms with van der Waals surface area (Å²) in [6, 6.07) is 3.90. The van der Waals surface area contributed by atoms with E-state index in [1.54, 1.807) is 7.11 Å². The van der Waals surface area contributed by atoms with E-state index in [-0.39, 0.29) is 5.54 Å². The number of nitrogens with two attached hydrogens (primary N) is 1. The second-order valence-corrected chi connectivity index (χ2v) is 5.38. The molecule has 94 valence electrons. The lowest BCUT2D eigenvalue weighted by molar-refractivity contribution is 0.306. The monoisotopic (exact) mass is 299 g/mol. The van der Waals surface area contributed by atoms with E-state index >= 15 is 0 Å². The summed E-state index contributed by atoms with van der Waals surface area (Å²) in [6.07, 6.45) is 3.00. The molecule has 0 aliphatic heterocycles. The molecule has 0 aromatic heterocycles. The van der Waals surface area contributed by atoms with Gasteiger partial charge in [0.15, 0.2) is 11.5 Å². The molecular weight excluding hydrogens is 282 g/mol. The second-order valence-electron chi connectivity index (χ2n) is 4.53. The van der Waals surface area contributed by atoms with Gasteiger partial charge in [0.25, 0.3) is 0 Å². The van der Waals surface area contributed by atoms with Crippen molar-refractivity contribution in [3.05, 3.63) is 22.2 Å². The highest BCUT2D eigenvalue weighted by atomic mass is 79.9. The smallest absolute Gasteiger partial charge is 0.165 e. The minimum atomic E-state index is -0.0409. The van der Waals surface area contributed by atoms with Crippen LogP contribution in [-0.2, 0) is 6.42 Å². The standard InChI is InChI=1S/C13H18BrNO2/c1-3-17-12-9(8-13(15)6-7-13)10(14)4-5-11(12)16-2/h4-5H,3,6-8,15H2,1-2H3. The van der Waals surface area contributed by atoms with Gasteiger partial charge in [-0.05, 0) is 38.3 Å². The Balaban J connectivity index is 2.38. The molecular formula is C13H18BrNO2. The van der Waals surface area contributed by atoms with Crippen LogP contribution in [0.15, 0.2) is 16.6 Å². The van der Waals surface area contributed by atoms with Gasteiger partial charge >= 0.3 is 0 Å². The molecule has 1 aromatic rings. The van der Waals surface area contributed by atoms with Gasteiger partial charge < -0.3 is 15.2 Å². The third kappa shape index (κ3) is 2.75. The van der Waals surface area contributed by atoms with Gasteiger partial charge in [-0.3, -0.25) is 0 Å². The Morgan fingerprint density at radius 3 is 2.65 bits per heavy atom. The first-order valence-electron chi connectivity index (χ1n) is 5.86. The molecule has 4 heteroatoms. The predicted octanol–water partition coefficient (Wildman–Crippen LogP) is 2.89. The molecule has 1 aliphatic carbocycles. The molecule has 2 N–H and O–H groups in total. The number of methoxy groups -OCH3 is 1. The summed E-state index contributed by atoms with van der Waals surface area (Å²) in [4.78, 5) is 0. The van der Waals surface area contributed by atoms with Crippen molar-refractivity contribution in [2.75, 3.05) is 13.7 Å². The van der Waals surface area contributed by atoms with Crippen molar-refractivity contribution in [3.8, 4) is 11.5 Å². The summed E-state index contributed by atoms with van der Waals surface area (Å²) in [6.45, 7) is 2.59. The average Bonchev–Trinajstić information content (AvgIpc) is 3.02. The molecule has 0 atom stereocenters. The van der Waals surface area contributed by atoms with Crippen LogP contribution < -0.4 is 15.2 Å². The highest BCUT2D eigenvalue weighted by Crippen LogP contribution is 2.43. The normalized spacial score (nSPS) is 16.7. The van der Waals surface area contributed by atoms with Crippen LogP contribution >= 0.6 is 15.9 Å². The maximum atomic E-state index is 6.19. The molecule has 2 rings (SSSR count). The minimum absolute atomic E-state index is 0.0409. The molecule has 1 fully saturated rings. The largest absolute Gasteiger partial charge is 0.493 e. The molecule has 1 aliphatic rings. The summed E-state index contributed by atoms with van der Waals surface area (Å²) >= 11 is 3.57. The zero-order chi connectivity index (χ0) is 12.5. The fourth-order valence-corrected chi connectivity index (χ4v) is 2.35. The zero-order valence-electron chi connectivity index (χ0n) is 10.3. The van der Waals surface area contributed by atoms with Crippen LogP contribution in [0.4, 0.5) is 0 Å². The van der Waals surface area contributed by atoms with Gasteiger partial charge in [0, 0.05) is 15.6 Å². The number of benzene rings is 1. The van der Waals surface area contributed by atoms with Crippen LogP contribution in [0, 0.1) is 0 Å². The number of rotatable bonds is 5. The molecule has 0 heterocycles. The van der Waals surface area contributed by atoms with Gasteiger partial charge in [-0.15, -0.1) is 0 Å². The van der Waals surface area contributed by atoms with E-state index in [1.165, 1.54) is 0 Å². The minimum Gasteiger partial charge on any atom is -0.493 e. The number of ether oxygens (including phenoxy) is 2. The third-order valence-corrected chi connectivity index (χ3v) is 3.84. The summed E-state index contributed by atoms with van der Waals surface area (Å²) < 4.78 is 12.1. The quantitative estimate of drug-likeness (QED) is 0.909. The van der Waals surface area contributed by atoms with Gasteiger partial charge in [0.1, 0.15) is 0 Å². The number of hydrogen-bond acceptors (Lipinski definition) is 3. The van der Waals surface area contributed by atoms with Crippen LogP contribution in [0.2, 0.25) is 0 Å². The summed E-state index contributed by atoms with van der Waals surface area (Å²) in [5.41, 5.74) is 7.26. The SMILES string of the molecule is CCOc1c(OC)ccc(Br)c1CC1(N)CC1.